The van der Waals surface area contributed by atoms with Gasteiger partial charge >= 0.3 is 0 Å². The quantitative estimate of drug-likeness (QED) is 0.894. The van der Waals surface area contributed by atoms with Crippen LogP contribution in [-0.4, -0.2) is 12.2 Å². The van der Waals surface area contributed by atoms with Gasteiger partial charge in [0.1, 0.15) is 5.75 Å². The van der Waals surface area contributed by atoms with Gasteiger partial charge in [0, 0.05) is 30.4 Å². The zero-order valence-electron chi connectivity index (χ0n) is 9.60. The van der Waals surface area contributed by atoms with Crippen molar-refractivity contribution in [2.45, 2.75) is 6.54 Å². The third-order valence-corrected chi connectivity index (χ3v) is 2.86. The van der Waals surface area contributed by atoms with Crippen LogP contribution in [0.5, 0.6) is 5.75 Å². The predicted octanol–water partition coefficient (Wildman–Crippen LogP) is 3.68. The minimum absolute atomic E-state index is 0.283. The normalized spacial score (nSPS) is 10.2. The van der Waals surface area contributed by atoms with E-state index in [1.165, 1.54) is 5.56 Å². The molecule has 3 heteroatoms. The molecule has 0 bridgehead atoms. The average molecular weight is 248 g/mol. The van der Waals surface area contributed by atoms with Crippen molar-refractivity contribution in [2.24, 2.45) is 0 Å². The maximum absolute atomic E-state index is 9.42. The van der Waals surface area contributed by atoms with Crippen LogP contribution in [-0.2, 0) is 6.54 Å². The summed E-state index contributed by atoms with van der Waals surface area (Å²) in [6.07, 6.45) is 0. The van der Waals surface area contributed by atoms with Gasteiger partial charge in [0.25, 0.3) is 0 Å². The molecule has 0 radical (unpaired) electrons. The van der Waals surface area contributed by atoms with E-state index < -0.39 is 0 Å². The van der Waals surface area contributed by atoms with Gasteiger partial charge in [-0.2, -0.15) is 0 Å². The highest BCUT2D eigenvalue weighted by Crippen LogP contribution is 2.20. The van der Waals surface area contributed by atoms with E-state index in [2.05, 4.69) is 4.90 Å². The number of phenolic OH excluding ortho intramolecular Hbond substituents is 1. The van der Waals surface area contributed by atoms with E-state index in [1.807, 2.05) is 43.4 Å². The third-order valence-electron chi connectivity index (χ3n) is 2.60. The fourth-order valence-corrected chi connectivity index (χ4v) is 1.81. The summed E-state index contributed by atoms with van der Waals surface area (Å²) in [5, 5.41) is 10.2. The molecule has 0 heterocycles. The zero-order valence-corrected chi connectivity index (χ0v) is 10.4. The molecule has 0 fully saturated rings. The molecule has 2 aromatic rings. The first-order valence-electron chi connectivity index (χ1n) is 5.40. The molecule has 2 rings (SSSR count). The van der Waals surface area contributed by atoms with Gasteiger partial charge in [0.15, 0.2) is 0 Å². The van der Waals surface area contributed by atoms with Gasteiger partial charge in [-0.15, -0.1) is 0 Å². The Morgan fingerprint density at radius 1 is 1.12 bits per heavy atom. The predicted molar refractivity (Wildman–Crippen MR) is 71.7 cm³/mol. The molecule has 2 nitrogen and oxygen atoms in total. The summed E-state index contributed by atoms with van der Waals surface area (Å²) < 4.78 is 0. The van der Waals surface area contributed by atoms with Crippen LogP contribution < -0.4 is 4.90 Å². The van der Waals surface area contributed by atoms with Gasteiger partial charge in [0.2, 0.25) is 0 Å². The summed E-state index contributed by atoms with van der Waals surface area (Å²) in [6, 6.07) is 15.0. The number of benzene rings is 2. The number of nitrogens with zero attached hydrogens (tertiary/aromatic N) is 1. The summed E-state index contributed by atoms with van der Waals surface area (Å²) in [7, 11) is 1.99. The second-order valence-corrected chi connectivity index (χ2v) is 4.44. The van der Waals surface area contributed by atoms with Gasteiger partial charge in [-0.25, -0.2) is 0 Å². The fourth-order valence-electron chi connectivity index (χ4n) is 1.69. The summed E-state index contributed by atoms with van der Waals surface area (Å²) in [6.45, 7) is 0.778. The number of halogens is 1. The van der Waals surface area contributed by atoms with Crippen molar-refractivity contribution in [2.75, 3.05) is 11.9 Å². The van der Waals surface area contributed by atoms with E-state index in [9.17, 15) is 5.11 Å². The van der Waals surface area contributed by atoms with Gasteiger partial charge in [-0.05, 0) is 29.8 Å². The second kappa shape index (κ2) is 5.11. The summed E-state index contributed by atoms with van der Waals surface area (Å²) in [4.78, 5) is 2.07. The Morgan fingerprint density at radius 2 is 1.82 bits per heavy atom. The molecule has 0 aliphatic carbocycles. The van der Waals surface area contributed by atoms with Crippen LogP contribution in [0.2, 0.25) is 5.02 Å². The molecular weight excluding hydrogens is 234 g/mol. The molecule has 0 aromatic heterocycles. The third kappa shape index (κ3) is 3.14. The SMILES string of the molecule is CN(Cc1ccc(Cl)cc1)c1cccc(O)c1. The maximum atomic E-state index is 9.42. The molecule has 0 aliphatic heterocycles. The Morgan fingerprint density at radius 3 is 2.47 bits per heavy atom. The molecule has 1 N–H and O–H groups in total. The van der Waals surface area contributed by atoms with Crippen molar-refractivity contribution in [1.29, 1.82) is 0 Å². The molecular formula is C14H14ClNO. The van der Waals surface area contributed by atoms with Crippen molar-refractivity contribution < 1.29 is 5.11 Å². The standard InChI is InChI=1S/C14H14ClNO/c1-16(13-3-2-4-14(17)9-13)10-11-5-7-12(15)8-6-11/h2-9,17H,10H2,1H3. The number of hydrogen-bond donors (Lipinski definition) is 1. The number of aromatic hydroxyl groups is 1. The van der Waals surface area contributed by atoms with Crippen LogP contribution in [0.15, 0.2) is 48.5 Å². The molecule has 0 amide bonds. The van der Waals surface area contributed by atoms with Crippen LogP contribution in [0.25, 0.3) is 0 Å². The first-order chi connectivity index (χ1) is 8.15. The summed E-state index contributed by atoms with van der Waals surface area (Å²) in [5.41, 5.74) is 2.17. The lowest BCUT2D eigenvalue weighted by atomic mass is 10.2. The molecule has 2 aromatic carbocycles. The van der Waals surface area contributed by atoms with Crippen LogP contribution in [0.1, 0.15) is 5.56 Å². The molecule has 0 aliphatic rings. The van der Waals surface area contributed by atoms with Crippen molar-refractivity contribution >= 4 is 17.3 Å². The Balaban J connectivity index is 2.11. The Labute approximate surface area is 106 Å². The van der Waals surface area contributed by atoms with Crippen molar-refractivity contribution in [3.63, 3.8) is 0 Å². The summed E-state index contributed by atoms with van der Waals surface area (Å²) in [5.74, 6) is 0.283. The zero-order chi connectivity index (χ0) is 12.3. The highest BCUT2D eigenvalue weighted by Gasteiger charge is 2.02. The van der Waals surface area contributed by atoms with Gasteiger partial charge in [-0.3, -0.25) is 0 Å². The minimum Gasteiger partial charge on any atom is -0.508 e. The van der Waals surface area contributed by atoms with E-state index in [4.69, 9.17) is 11.6 Å². The number of rotatable bonds is 3. The fraction of sp³-hybridized carbons (Fsp3) is 0.143. The Bertz CT molecular complexity index is 496. The van der Waals surface area contributed by atoms with Crippen LogP contribution in [0.3, 0.4) is 0 Å². The topological polar surface area (TPSA) is 23.5 Å². The smallest absolute Gasteiger partial charge is 0.117 e. The van der Waals surface area contributed by atoms with E-state index in [1.54, 1.807) is 12.1 Å². The molecule has 0 spiro atoms. The summed E-state index contributed by atoms with van der Waals surface area (Å²) >= 11 is 5.84. The van der Waals surface area contributed by atoms with Crippen LogP contribution in [0.4, 0.5) is 5.69 Å². The van der Waals surface area contributed by atoms with E-state index >= 15 is 0 Å². The highest BCUT2D eigenvalue weighted by atomic mass is 35.5. The van der Waals surface area contributed by atoms with Crippen LogP contribution in [0, 0.1) is 0 Å². The van der Waals surface area contributed by atoms with Gasteiger partial charge in [0.05, 0.1) is 0 Å². The first kappa shape index (κ1) is 11.8. The molecule has 0 atom stereocenters. The van der Waals surface area contributed by atoms with Crippen LogP contribution >= 0.6 is 11.6 Å². The molecule has 0 saturated heterocycles. The largest absolute Gasteiger partial charge is 0.508 e. The van der Waals surface area contributed by atoms with Gasteiger partial charge in [-0.1, -0.05) is 29.8 Å². The Kier molecular flexibility index (Phi) is 3.55. The van der Waals surface area contributed by atoms with E-state index in [0.29, 0.717) is 0 Å². The van der Waals surface area contributed by atoms with Crippen molar-refractivity contribution in [1.82, 2.24) is 0 Å². The lowest BCUT2D eigenvalue weighted by molar-refractivity contribution is 0.475. The molecule has 17 heavy (non-hydrogen) atoms. The van der Waals surface area contributed by atoms with Gasteiger partial charge < -0.3 is 10.0 Å². The number of anilines is 1. The van der Waals surface area contributed by atoms with E-state index in [-0.39, 0.29) is 5.75 Å². The first-order valence-corrected chi connectivity index (χ1v) is 5.77. The monoisotopic (exact) mass is 247 g/mol. The van der Waals surface area contributed by atoms with E-state index in [0.717, 1.165) is 17.3 Å². The molecule has 0 saturated carbocycles. The second-order valence-electron chi connectivity index (χ2n) is 4.00. The highest BCUT2D eigenvalue weighted by molar-refractivity contribution is 6.30. The lowest BCUT2D eigenvalue weighted by Gasteiger charge is -2.19. The lowest BCUT2D eigenvalue weighted by Crippen LogP contribution is -2.15. The molecule has 88 valence electrons. The molecule has 0 unspecified atom stereocenters. The number of hydrogen-bond acceptors (Lipinski definition) is 2. The number of phenols is 1. The average Bonchev–Trinajstić information content (AvgIpc) is 2.32. The van der Waals surface area contributed by atoms with Crippen molar-refractivity contribution in [3.05, 3.63) is 59.1 Å². The minimum atomic E-state index is 0.283. The maximum Gasteiger partial charge on any atom is 0.117 e. The Hall–Kier alpha value is -1.67. The van der Waals surface area contributed by atoms with Crippen molar-refractivity contribution in [3.8, 4) is 5.75 Å².